The highest BCUT2D eigenvalue weighted by Crippen LogP contribution is 2.40. The summed E-state index contributed by atoms with van der Waals surface area (Å²) in [6.07, 6.45) is 1.57. The number of nitrogens with zero attached hydrogens (tertiary/aromatic N) is 2. The summed E-state index contributed by atoms with van der Waals surface area (Å²) in [6, 6.07) is 13.3. The standard InChI is InChI=1S/C22H24N4O3/c1-13-7-5-6-8-16(13)24-21(27)15-9-10-17(14(2)19(15)28-4)25-22-20(29-22)18-11-12-23-26(18)3/h5-12,20,22,25H,1-4H3,(H,24,27). The largest absolute Gasteiger partial charge is 0.496 e. The fourth-order valence-electron chi connectivity index (χ4n) is 3.46. The first-order valence-corrected chi connectivity index (χ1v) is 9.44. The number of epoxide rings is 1. The molecule has 2 unspecified atom stereocenters. The van der Waals surface area contributed by atoms with Gasteiger partial charge >= 0.3 is 0 Å². The van der Waals surface area contributed by atoms with E-state index < -0.39 is 0 Å². The normalized spacial score (nSPS) is 17.7. The topological polar surface area (TPSA) is 80.7 Å². The van der Waals surface area contributed by atoms with Crippen molar-refractivity contribution in [1.29, 1.82) is 0 Å². The van der Waals surface area contributed by atoms with Crippen molar-refractivity contribution in [2.75, 3.05) is 17.7 Å². The zero-order valence-corrected chi connectivity index (χ0v) is 16.9. The van der Waals surface area contributed by atoms with Crippen molar-refractivity contribution in [3.05, 3.63) is 71.0 Å². The third-order valence-corrected chi connectivity index (χ3v) is 5.19. The number of ether oxygens (including phenoxy) is 2. The van der Waals surface area contributed by atoms with Crippen LogP contribution >= 0.6 is 0 Å². The lowest BCUT2D eigenvalue weighted by atomic mass is 10.1. The molecule has 1 saturated heterocycles. The Labute approximate surface area is 169 Å². The van der Waals surface area contributed by atoms with Crippen molar-refractivity contribution >= 4 is 17.3 Å². The van der Waals surface area contributed by atoms with Crippen LogP contribution in [0.15, 0.2) is 48.7 Å². The maximum absolute atomic E-state index is 12.8. The summed E-state index contributed by atoms with van der Waals surface area (Å²) in [6.45, 7) is 3.88. The van der Waals surface area contributed by atoms with E-state index in [1.165, 1.54) is 0 Å². The van der Waals surface area contributed by atoms with Crippen LogP contribution in [0, 0.1) is 13.8 Å². The number of aryl methyl sites for hydroxylation is 2. The van der Waals surface area contributed by atoms with Gasteiger partial charge in [0, 0.05) is 30.2 Å². The Bertz CT molecular complexity index is 1060. The monoisotopic (exact) mass is 392 g/mol. The zero-order chi connectivity index (χ0) is 20.5. The second-order valence-corrected chi connectivity index (χ2v) is 7.09. The van der Waals surface area contributed by atoms with Crippen molar-refractivity contribution in [1.82, 2.24) is 9.78 Å². The Hall–Kier alpha value is -3.32. The second-order valence-electron chi connectivity index (χ2n) is 7.09. The molecule has 29 heavy (non-hydrogen) atoms. The Kier molecular flexibility index (Phi) is 4.98. The van der Waals surface area contributed by atoms with Gasteiger partial charge < -0.3 is 20.1 Å². The number of hydrogen-bond acceptors (Lipinski definition) is 5. The van der Waals surface area contributed by atoms with Gasteiger partial charge in [0.1, 0.15) is 11.9 Å². The first kappa shape index (κ1) is 19.0. The van der Waals surface area contributed by atoms with Gasteiger partial charge in [-0.25, -0.2) is 0 Å². The maximum Gasteiger partial charge on any atom is 0.259 e. The molecule has 2 atom stereocenters. The lowest BCUT2D eigenvalue weighted by Crippen LogP contribution is -2.15. The van der Waals surface area contributed by atoms with Crippen molar-refractivity contribution in [3.63, 3.8) is 0 Å². The van der Waals surface area contributed by atoms with Gasteiger partial charge in [-0.15, -0.1) is 0 Å². The molecule has 0 radical (unpaired) electrons. The van der Waals surface area contributed by atoms with Gasteiger partial charge in [0.25, 0.3) is 5.91 Å². The molecule has 0 spiro atoms. The lowest BCUT2D eigenvalue weighted by Gasteiger charge is -2.16. The summed E-state index contributed by atoms with van der Waals surface area (Å²) in [5, 5.41) is 10.5. The highest BCUT2D eigenvalue weighted by Gasteiger charge is 2.42. The molecular formula is C22H24N4O3. The van der Waals surface area contributed by atoms with Gasteiger partial charge in [0.05, 0.1) is 18.4 Å². The van der Waals surface area contributed by atoms with Crippen LogP contribution < -0.4 is 15.4 Å². The van der Waals surface area contributed by atoms with Gasteiger partial charge in [-0.05, 0) is 43.7 Å². The zero-order valence-electron chi connectivity index (χ0n) is 16.9. The van der Waals surface area contributed by atoms with E-state index in [0.717, 1.165) is 28.2 Å². The molecule has 2 N–H and O–H groups in total. The lowest BCUT2D eigenvalue weighted by molar-refractivity contribution is 0.102. The number of methoxy groups -OCH3 is 1. The maximum atomic E-state index is 12.8. The number of rotatable bonds is 6. The Morgan fingerprint density at radius 1 is 1.14 bits per heavy atom. The van der Waals surface area contributed by atoms with E-state index in [4.69, 9.17) is 9.47 Å². The van der Waals surface area contributed by atoms with E-state index in [0.29, 0.717) is 11.3 Å². The Balaban J connectivity index is 1.53. The molecular weight excluding hydrogens is 368 g/mol. The van der Waals surface area contributed by atoms with Crippen molar-refractivity contribution in [2.45, 2.75) is 26.2 Å². The Morgan fingerprint density at radius 3 is 2.62 bits per heavy atom. The Morgan fingerprint density at radius 2 is 1.93 bits per heavy atom. The molecule has 0 aliphatic carbocycles. The number of amides is 1. The van der Waals surface area contributed by atoms with Crippen LogP contribution in [0.3, 0.4) is 0 Å². The quantitative estimate of drug-likeness (QED) is 0.624. The fourth-order valence-corrected chi connectivity index (χ4v) is 3.46. The molecule has 0 saturated carbocycles. The van der Waals surface area contributed by atoms with E-state index in [2.05, 4.69) is 15.7 Å². The van der Waals surface area contributed by atoms with Gasteiger partial charge in [-0.3, -0.25) is 9.48 Å². The number of anilines is 2. The smallest absolute Gasteiger partial charge is 0.259 e. The number of benzene rings is 2. The van der Waals surface area contributed by atoms with Crippen molar-refractivity contribution < 1.29 is 14.3 Å². The molecule has 1 aromatic heterocycles. The minimum Gasteiger partial charge on any atom is -0.496 e. The number of carbonyl (C=O) groups excluding carboxylic acids is 1. The second kappa shape index (κ2) is 7.60. The molecule has 1 amide bonds. The predicted molar refractivity (Wildman–Crippen MR) is 111 cm³/mol. The van der Waals surface area contributed by atoms with E-state index in [-0.39, 0.29) is 18.2 Å². The third-order valence-electron chi connectivity index (χ3n) is 5.19. The van der Waals surface area contributed by atoms with Crippen LogP contribution in [0.25, 0.3) is 0 Å². The molecule has 1 fully saturated rings. The summed E-state index contributed by atoms with van der Waals surface area (Å²) in [5.41, 5.74) is 5.00. The van der Waals surface area contributed by atoms with Gasteiger partial charge in [-0.2, -0.15) is 5.10 Å². The van der Waals surface area contributed by atoms with Gasteiger partial charge in [0.2, 0.25) is 0 Å². The van der Waals surface area contributed by atoms with E-state index in [9.17, 15) is 4.79 Å². The minimum absolute atomic E-state index is 0.0445. The molecule has 150 valence electrons. The first-order chi connectivity index (χ1) is 14.0. The molecule has 7 heteroatoms. The van der Waals surface area contributed by atoms with Crippen LogP contribution in [-0.2, 0) is 11.8 Å². The van der Waals surface area contributed by atoms with E-state index in [1.54, 1.807) is 24.1 Å². The number of nitrogens with one attached hydrogen (secondary N) is 2. The molecule has 2 aromatic carbocycles. The average Bonchev–Trinajstić information content (AvgIpc) is 3.33. The van der Waals surface area contributed by atoms with E-state index in [1.807, 2.05) is 57.3 Å². The highest BCUT2D eigenvalue weighted by atomic mass is 16.6. The SMILES string of the molecule is COc1c(C(=O)Nc2ccccc2C)ccc(NC2OC2c2ccnn2C)c1C. The number of carbonyl (C=O) groups is 1. The summed E-state index contributed by atoms with van der Waals surface area (Å²) in [7, 11) is 3.47. The molecule has 4 rings (SSSR count). The summed E-state index contributed by atoms with van der Waals surface area (Å²) in [5.74, 6) is 0.333. The number of hydrogen-bond donors (Lipinski definition) is 2. The fraction of sp³-hybridized carbons (Fsp3) is 0.273. The average molecular weight is 392 g/mol. The molecule has 1 aliphatic rings. The number of aromatic nitrogens is 2. The highest BCUT2D eigenvalue weighted by molar-refractivity contribution is 6.07. The van der Waals surface area contributed by atoms with Gasteiger partial charge in [-0.1, -0.05) is 18.2 Å². The van der Waals surface area contributed by atoms with Gasteiger partial charge in [0.15, 0.2) is 6.23 Å². The van der Waals surface area contributed by atoms with Crippen LogP contribution in [0.5, 0.6) is 5.75 Å². The summed E-state index contributed by atoms with van der Waals surface area (Å²) < 4.78 is 13.1. The summed E-state index contributed by atoms with van der Waals surface area (Å²) in [4.78, 5) is 12.8. The molecule has 0 bridgehead atoms. The first-order valence-electron chi connectivity index (χ1n) is 9.44. The number of para-hydroxylation sites is 1. The van der Waals surface area contributed by atoms with E-state index >= 15 is 0 Å². The molecule has 3 aromatic rings. The van der Waals surface area contributed by atoms with Crippen LogP contribution in [-0.4, -0.2) is 29.0 Å². The van der Waals surface area contributed by atoms with Crippen LogP contribution in [0.2, 0.25) is 0 Å². The minimum atomic E-state index is -0.207. The third kappa shape index (κ3) is 3.69. The van der Waals surface area contributed by atoms with Crippen molar-refractivity contribution in [3.8, 4) is 5.75 Å². The predicted octanol–water partition coefficient (Wildman–Crippen LogP) is 3.81. The molecule has 1 aliphatic heterocycles. The van der Waals surface area contributed by atoms with Crippen molar-refractivity contribution in [2.24, 2.45) is 7.05 Å². The summed E-state index contributed by atoms with van der Waals surface area (Å²) >= 11 is 0. The van der Waals surface area contributed by atoms with Crippen LogP contribution in [0.1, 0.15) is 33.3 Å². The molecule has 2 heterocycles. The molecule has 7 nitrogen and oxygen atoms in total. The van der Waals surface area contributed by atoms with Crippen LogP contribution in [0.4, 0.5) is 11.4 Å².